The summed E-state index contributed by atoms with van der Waals surface area (Å²) in [5.41, 5.74) is 2.32. The first-order valence-electron chi connectivity index (χ1n) is 8.84. The van der Waals surface area contributed by atoms with E-state index in [-0.39, 0.29) is 6.10 Å². The zero-order valence-corrected chi connectivity index (χ0v) is 14.3. The lowest BCUT2D eigenvalue weighted by Gasteiger charge is -2.33. The first-order valence-corrected chi connectivity index (χ1v) is 8.84. The summed E-state index contributed by atoms with van der Waals surface area (Å²) in [6.07, 6.45) is 5.55. The second kappa shape index (κ2) is 7.80. The summed E-state index contributed by atoms with van der Waals surface area (Å²) < 4.78 is 17.2. The van der Waals surface area contributed by atoms with Gasteiger partial charge in [0.2, 0.25) is 0 Å². The Morgan fingerprint density at radius 2 is 2.00 bits per heavy atom. The Hall–Kier alpha value is -2.18. The minimum absolute atomic E-state index is 0.251. The highest BCUT2D eigenvalue weighted by atomic mass is 16.6. The maximum atomic E-state index is 5.93. The van der Waals surface area contributed by atoms with Crippen molar-refractivity contribution < 1.29 is 14.2 Å². The summed E-state index contributed by atoms with van der Waals surface area (Å²) in [6.45, 7) is 4.84. The quantitative estimate of drug-likeness (QED) is 0.830. The summed E-state index contributed by atoms with van der Waals surface area (Å²) in [5.74, 6) is 1.71. The van der Waals surface area contributed by atoms with Crippen molar-refractivity contribution in [1.29, 1.82) is 0 Å². The van der Waals surface area contributed by atoms with Crippen LogP contribution in [0.1, 0.15) is 17.7 Å². The van der Waals surface area contributed by atoms with Crippen molar-refractivity contribution in [2.45, 2.75) is 25.5 Å². The minimum Gasteiger partial charge on any atom is -0.486 e. The summed E-state index contributed by atoms with van der Waals surface area (Å²) in [4.78, 5) is 10.7. The van der Waals surface area contributed by atoms with Crippen molar-refractivity contribution in [3.63, 3.8) is 0 Å². The monoisotopic (exact) mass is 341 g/mol. The molecule has 0 radical (unpaired) electrons. The number of fused-ring (bicyclic) bond motifs is 1. The Morgan fingerprint density at radius 3 is 2.88 bits per heavy atom. The van der Waals surface area contributed by atoms with Gasteiger partial charge >= 0.3 is 0 Å². The minimum atomic E-state index is 0.251. The molecule has 3 heterocycles. The van der Waals surface area contributed by atoms with Crippen LogP contribution in [-0.4, -0.2) is 53.9 Å². The fourth-order valence-electron chi connectivity index (χ4n) is 3.32. The summed E-state index contributed by atoms with van der Waals surface area (Å²) in [7, 11) is 0. The average molecular weight is 341 g/mol. The van der Waals surface area contributed by atoms with Gasteiger partial charge < -0.3 is 14.2 Å². The molecule has 6 heteroatoms. The van der Waals surface area contributed by atoms with E-state index >= 15 is 0 Å². The van der Waals surface area contributed by atoms with Crippen LogP contribution in [-0.2, 0) is 17.7 Å². The number of ether oxygens (including phenoxy) is 3. The normalized spacial score (nSPS) is 20.4. The zero-order chi connectivity index (χ0) is 16.9. The van der Waals surface area contributed by atoms with Crippen molar-refractivity contribution >= 4 is 0 Å². The topological polar surface area (TPSA) is 56.7 Å². The van der Waals surface area contributed by atoms with Crippen LogP contribution in [0.4, 0.5) is 0 Å². The Morgan fingerprint density at radius 1 is 1.08 bits per heavy atom. The van der Waals surface area contributed by atoms with Gasteiger partial charge in [0.1, 0.15) is 19.5 Å². The predicted molar refractivity (Wildman–Crippen MR) is 92.8 cm³/mol. The van der Waals surface area contributed by atoms with Crippen LogP contribution in [0.15, 0.2) is 36.8 Å². The first kappa shape index (κ1) is 16.3. The smallest absolute Gasteiger partial charge is 0.161 e. The lowest BCUT2D eigenvalue weighted by molar-refractivity contribution is -0.0347. The molecule has 2 aliphatic rings. The Bertz CT molecular complexity index is 696. The van der Waals surface area contributed by atoms with E-state index in [4.69, 9.17) is 14.2 Å². The number of aromatic nitrogens is 2. The highest BCUT2D eigenvalue weighted by molar-refractivity contribution is 5.43. The number of hydrogen-bond donors (Lipinski definition) is 0. The highest BCUT2D eigenvalue weighted by Crippen LogP contribution is 2.31. The van der Waals surface area contributed by atoms with Crippen molar-refractivity contribution in [1.82, 2.24) is 14.9 Å². The van der Waals surface area contributed by atoms with Crippen LogP contribution in [0.2, 0.25) is 0 Å². The van der Waals surface area contributed by atoms with Gasteiger partial charge in [-0.1, -0.05) is 6.07 Å². The van der Waals surface area contributed by atoms with Gasteiger partial charge in [0, 0.05) is 31.5 Å². The molecule has 25 heavy (non-hydrogen) atoms. The maximum absolute atomic E-state index is 5.93. The molecule has 0 spiro atoms. The molecule has 2 aromatic rings. The molecule has 132 valence electrons. The average Bonchev–Trinajstić information content (AvgIpc) is 2.67. The van der Waals surface area contributed by atoms with E-state index in [1.165, 1.54) is 5.56 Å². The Balaban J connectivity index is 1.32. The summed E-state index contributed by atoms with van der Waals surface area (Å²) in [5, 5.41) is 0. The molecular formula is C19H23N3O3. The molecule has 0 bridgehead atoms. The Kier molecular flexibility index (Phi) is 5.09. The molecule has 1 aromatic carbocycles. The molecule has 0 unspecified atom stereocenters. The largest absolute Gasteiger partial charge is 0.486 e. The van der Waals surface area contributed by atoms with Crippen LogP contribution in [0, 0.1) is 0 Å². The molecule has 4 rings (SSSR count). The van der Waals surface area contributed by atoms with E-state index in [2.05, 4.69) is 27.0 Å². The van der Waals surface area contributed by atoms with Crippen LogP contribution in [0.3, 0.4) is 0 Å². The number of nitrogens with zero attached hydrogens (tertiary/aromatic N) is 3. The van der Waals surface area contributed by atoms with Gasteiger partial charge in [-0.05, 0) is 36.6 Å². The molecule has 0 N–H and O–H groups in total. The molecule has 1 fully saturated rings. The van der Waals surface area contributed by atoms with E-state index in [1.54, 1.807) is 12.5 Å². The van der Waals surface area contributed by atoms with E-state index in [1.807, 2.05) is 12.1 Å². The number of benzene rings is 1. The summed E-state index contributed by atoms with van der Waals surface area (Å²) in [6, 6.07) is 8.20. The number of hydrogen-bond acceptors (Lipinski definition) is 6. The molecule has 0 aliphatic carbocycles. The lowest BCUT2D eigenvalue weighted by atomic mass is 10.1. The van der Waals surface area contributed by atoms with E-state index in [0.29, 0.717) is 13.2 Å². The van der Waals surface area contributed by atoms with Crippen LogP contribution < -0.4 is 9.47 Å². The fraction of sp³-hybridized carbons (Fsp3) is 0.474. The van der Waals surface area contributed by atoms with Crippen molar-refractivity contribution in [2.75, 3.05) is 32.9 Å². The molecule has 1 aromatic heterocycles. The van der Waals surface area contributed by atoms with Gasteiger partial charge in [0.15, 0.2) is 11.5 Å². The van der Waals surface area contributed by atoms with Crippen molar-refractivity contribution in [2.24, 2.45) is 0 Å². The molecule has 6 nitrogen and oxygen atoms in total. The zero-order valence-electron chi connectivity index (χ0n) is 14.3. The van der Waals surface area contributed by atoms with E-state index in [9.17, 15) is 0 Å². The first-order chi connectivity index (χ1) is 12.4. The van der Waals surface area contributed by atoms with Gasteiger partial charge in [-0.3, -0.25) is 4.90 Å². The van der Waals surface area contributed by atoms with Crippen LogP contribution in [0.25, 0.3) is 0 Å². The number of rotatable bonds is 5. The molecule has 2 aliphatic heterocycles. The predicted octanol–water partition coefficient (Wildman–Crippen LogP) is 2.08. The molecule has 1 saturated heterocycles. The SMILES string of the molecule is c1cc(CC[C@H]2CN(Cc3ccc4c(c3)OCCO4)CCO2)ncn1. The highest BCUT2D eigenvalue weighted by Gasteiger charge is 2.21. The van der Waals surface area contributed by atoms with E-state index in [0.717, 1.165) is 56.3 Å². The van der Waals surface area contributed by atoms with Crippen LogP contribution in [0.5, 0.6) is 11.5 Å². The molecular weight excluding hydrogens is 318 g/mol. The molecule has 1 atom stereocenters. The van der Waals surface area contributed by atoms with Gasteiger partial charge in [-0.15, -0.1) is 0 Å². The maximum Gasteiger partial charge on any atom is 0.161 e. The molecule has 0 amide bonds. The van der Waals surface area contributed by atoms with Crippen molar-refractivity contribution in [3.05, 3.63) is 48.0 Å². The second-order valence-corrected chi connectivity index (χ2v) is 6.45. The number of morpholine rings is 1. The third-order valence-corrected chi connectivity index (χ3v) is 4.60. The van der Waals surface area contributed by atoms with Gasteiger partial charge in [-0.25, -0.2) is 9.97 Å². The lowest BCUT2D eigenvalue weighted by Crippen LogP contribution is -2.42. The van der Waals surface area contributed by atoms with Crippen LogP contribution >= 0.6 is 0 Å². The van der Waals surface area contributed by atoms with Gasteiger partial charge in [0.05, 0.1) is 12.7 Å². The summed E-state index contributed by atoms with van der Waals surface area (Å²) >= 11 is 0. The van der Waals surface area contributed by atoms with E-state index < -0.39 is 0 Å². The standard InChI is InChI=1S/C19H23N3O3/c1-4-18-19(25-10-9-24-18)11-15(1)12-22-7-8-23-17(13-22)3-2-16-5-6-20-14-21-16/h1,4-6,11,14,17H,2-3,7-10,12-13H2/t17-/m0/s1. The fourth-order valence-corrected chi connectivity index (χ4v) is 3.32. The second-order valence-electron chi connectivity index (χ2n) is 6.45. The molecule has 0 saturated carbocycles. The van der Waals surface area contributed by atoms with Gasteiger partial charge in [0.25, 0.3) is 0 Å². The number of aryl methyl sites for hydroxylation is 1. The Labute approximate surface area is 147 Å². The van der Waals surface area contributed by atoms with Gasteiger partial charge in [-0.2, -0.15) is 0 Å². The third kappa shape index (κ3) is 4.27. The van der Waals surface area contributed by atoms with Crippen molar-refractivity contribution in [3.8, 4) is 11.5 Å². The third-order valence-electron chi connectivity index (χ3n) is 4.60.